The third kappa shape index (κ3) is 3.54. The van der Waals surface area contributed by atoms with Crippen LogP contribution in [0.3, 0.4) is 0 Å². The number of hydrogen-bond acceptors (Lipinski definition) is 5. The van der Waals surface area contributed by atoms with Gasteiger partial charge in [-0.15, -0.1) is 0 Å². The fraction of sp³-hybridized carbons (Fsp3) is 0.292. The number of carbonyl (C=O) groups excluding carboxylic acids is 1. The Morgan fingerprint density at radius 3 is 2.33 bits per heavy atom. The molecule has 1 aromatic heterocycles. The third-order valence-corrected chi connectivity index (χ3v) is 6.06. The Morgan fingerprint density at radius 1 is 0.867 bits per heavy atom. The van der Waals surface area contributed by atoms with Crippen molar-refractivity contribution >= 4 is 17.4 Å². The number of rotatable bonds is 3. The van der Waals surface area contributed by atoms with Crippen LogP contribution < -0.4 is 9.80 Å². The highest BCUT2D eigenvalue weighted by atomic mass is 19.1. The third-order valence-electron chi connectivity index (χ3n) is 6.06. The summed E-state index contributed by atoms with van der Waals surface area (Å²) in [6.45, 7) is 3.42. The Balaban J connectivity index is 1.34. The molecule has 0 radical (unpaired) electrons. The SMILES string of the molecule is O=C1CC(c2ccccc2F)Cc2nc(N3CCN(c4ccccc4)CC3)ncc21. The molecule has 0 spiro atoms. The molecule has 1 aliphatic heterocycles. The summed E-state index contributed by atoms with van der Waals surface area (Å²) >= 11 is 0. The minimum Gasteiger partial charge on any atom is -0.368 e. The van der Waals surface area contributed by atoms with Crippen molar-refractivity contribution in [3.63, 3.8) is 0 Å². The summed E-state index contributed by atoms with van der Waals surface area (Å²) in [6, 6.07) is 17.1. The zero-order valence-corrected chi connectivity index (χ0v) is 16.7. The zero-order valence-electron chi connectivity index (χ0n) is 16.7. The standard InChI is InChI=1S/C24H23FN4O/c25-21-9-5-4-8-19(21)17-14-22-20(23(30)15-17)16-26-24(27-22)29-12-10-28(11-13-29)18-6-2-1-3-7-18/h1-9,16-17H,10-15H2. The van der Waals surface area contributed by atoms with Gasteiger partial charge in [-0.3, -0.25) is 4.79 Å². The number of aromatic nitrogens is 2. The topological polar surface area (TPSA) is 49.3 Å². The summed E-state index contributed by atoms with van der Waals surface area (Å²) < 4.78 is 14.3. The first kappa shape index (κ1) is 18.7. The van der Waals surface area contributed by atoms with E-state index in [4.69, 9.17) is 4.98 Å². The molecule has 1 fully saturated rings. The van der Waals surface area contributed by atoms with Crippen LogP contribution >= 0.6 is 0 Å². The molecule has 0 amide bonds. The van der Waals surface area contributed by atoms with E-state index >= 15 is 0 Å². The van der Waals surface area contributed by atoms with E-state index in [0.717, 1.165) is 31.9 Å². The maximum absolute atomic E-state index is 14.3. The Labute approximate surface area is 175 Å². The predicted molar refractivity (Wildman–Crippen MR) is 115 cm³/mol. The van der Waals surface area contributed by atoms with Gasteiger partial charge in [0.15, 0.2) is 5.78 Å². The van der Waals surface area contributed by atoms with Crippen molar-refractivity contribution in [2.45, 2.75) is 18.8 Å². The maximum atomic E-state index is 14.3. The lowest BCUT2D eigenvalue weighted by molar-refractivity contribution is 0.0962. The Bertz CT molecular complexity index is 1060. The number of fused-ring (bicyclic) bond motifs is 1. The van der Waals surface area contributed by atoms with Gasteiger partial charge >= 0.3 is 0 Å². The first-order valence-electron chi connectivity index (χ1n) is 10.4. The van der Waals surface area contributed by atoms with Crippen LogP contribution in [-0.2, 0) is 6.42 Å². The monoisotopic (exact) mass is 402 g/mol. The van der Waals surface area contributed by atoms with E-state index < -0.39 is 0 Å². The Hall–Kier alpha value is -3.28. The second-order valence-corrected chi connectivity index (χ2v) is 7.89. The molecule has 0 bridgehead atoms. The van der Waals surface area contributed by atoms with E-state index in [2.05, 4.69) is 39.0 Å². The van der Waals surface area contributed by atoms with Crippen LogP contribution in [0.2, 0.25) is 0 Å². The molecule has 5 rings (SSSR count). The van der Waals surface area contributed by atoms with Crippen LogP contribution in [-0.4, -0.2) is 41.9 Å². The second-order valence-electron chi connectivity index (χ2n) is 7.89. The van der Waals surface area contributed by atoms with E-state index in [1.54, 1.807) is 18.3 Å². The summed E-state index contributed by atoms with van der Waals surface area (Å²) in [5, 5.41) is 0. The zero-order chi connectivity index (χ0) is 20.5. The van der Waals surface area contributed by atoms with E-state index in [1.807, 2.05) is 12.1 Å². The van der Waals surface area contributed by atoms with Crippen molar-refractivity contribution in [1.29, 1.82) is 0 Å². The number of nitrogens with zero attached hydrogens (tertiary/aromatic N) is 4. The summed E-state index contributed by atoms with van der Waals surface area (Å²) in [7, 11) is 0. The molecule has 1 aliphatic carbocycles. The number of carbonyl (C=O) groups is 1. The number of hydrogen-bond donors (Lipinski definition) is 0. The van der Waals surface area contributed by atoms with Gasteiger partial charge in [0.1, 0.15) is 5.82 Å². The Morgan fingerprint density at radius 2 is 1.57 bits per heavy atom. The summed E-state index contributed by atoms with van der Waals surface area (Å²) in [4.78, 5) is 26.4. The molecule has 0 N–H and O–H groups in total. The van der Waals surface area contributed by atoms with Crippen LogP contribution in [0, 0.1) is 5.82 Å². The number of piperazine rings is 1. The number of para-hydroxylation sites is 1. The first-order chi connectivity index (χ1) is 14.7. The summed E-state index contributed by atoms with van der Waals surface area (Å²) in [5.74, 6) is 0.210. The number of ketones is 1. The largest absolute Gasteiger partial charge is 0.368 e. The van der Waals surface area contributed by atoms with E-state index in [0.29, 0.717) is 29.9 Å². The number of anilines is 2. The Kier molecular flexibility index (Phi) is 4.91. The van der Waals surface area contributed by atoms with Crippen molar-refractivity contribution < 1.29 is 9.18 Å². The van der Waals surface area contributed by atoms with Gasteiger partial charge in [-0.05, 0) is 36.1 Å². The average Bonchev–Trinajstić information content (AvgIpc) is 2.80. The van der Waals surface area contributed by atoms with E-state index in [9.17, 15) is 9.18 Å². The van der Waals surface area contributed by atoms with Gasteiger partial charge < -0.3 is 9.80 Å². The summed E-state index contributed by atoms with van der Waals surface area (Å²) in [6.07, 6.45) is 2.51. The smallest absolute Gasteiger partial charge is 0.225 e. The van der Waals surface area contributed by atoms with Crippen LogP contribution in [0.5, 0.6) is 0 Å². The van der Waals surface area contributed by atoms with Crippen LogP contribution in [0.1, 0.15) is 34.0 Å². The van der Waals surface area contributed by atoms with Gasteiger partial charge in [0.05, 0.1) is 11.3 Å². The molecule has 152 valence electrons. The van der Waals surface area contributed by atoms with Crippen molar-refractivity contribution in [2.75, 3.05) is 36.0 Å². The first-order valence-corrected chi connectivity index (χ1v) is 10.4. The van der Waals surface area contributed by atoms with Crippen molar-refractivity contribution in [1.82, 2.24) is 9.97 Å². The lowest BCUT2D eigenvalue weighted by atomic mass is 9.82. The normalized spacial score (nSPS) is 19.0. The molecule has 0 saturated carbocycles. The lowest BCUT2D eigenvalue weighted by Gasteiger charge is -2.36. The quantitative estimate of drug-likeness (QED) is 0.666. The molecular weight excluding hydrogens is 379 g/mol. The van der Waals surface area contributed by atoms with Gasteiger partial charge in [-0.1, -0.05) is 36.4 Å². The molecule has 5 nitrogen and oxygen atoms in total. The average molecular weight is 402 g/mol. The van der Waals surface area contributed by atoms with Crippen molar-refractivity contribution in [3.8, 4) is 0 Å². The second kappa shape index (κ2) is 7.86. The highest BCUT2D eigenvalue weighted by Crippen LogP contribution is 2.33. The molecule has 2 heterocycles. The van der Waals surface area contributed by atoms with Gasteiger partial charge in [0, 0.05) is 44.5 Å². The van der Waals surface area contributed by atoms with Gasteiger partial charge in [-0.25, -0.2) is 14.4 Å². The van der Waals surface area contributed by atoms with Crippen LogP contribution in [0.15, 0.2) is 60.8 Å². The minimum atomic E-state index is -0.259. The molecule has 3 aromatic rings. The van der Waals surface area contributed by atoms with Gasteiger partial charge in [0.2, 0.25) is 5.95 Å². The molecule has 6 heteroatoms. The molecule has 1 unspecified atom stereocenters. The minimum absolute atomic E-state index is 0.00931. The molecule has 1 atom stereocenters. The fourth-order valence-corrected chi connectivity index (χ4v) is 4.42. The highest BCUT2D eigenvalue weighted by Gasteiger charge is 2.30. The molecule has 2 aromatic carbocycles. The number of halogens is 1. The highest BCUT2D eigenvalue weighted by molar-refractivity contribution is 5.98. The fourth-order valence-electron chi connectivity index (χ4n) is 4.42. The van der Waals surface area contributed by atoms with E-state index in [-0.39, 0.29) is 17.5 Å². The predicted octanol–water partition coefficient (Wildman–Crippen LogP) is 3.86. The number of benzene rings is 2. The molecule has 30 heavy (non-hydrogen) atoms. The molecular formula is C24H23FN4O. The van der Waals surface area contributed by atoms with Crippen molar-refractivity contribution in [2.24, 2.45) is 0 Å². The van der Waals surface area contributed by atoms with Crippen molar-refractivity contribution in [3.05, 3.63) is 83.4 Å². The summed E-state index contributed by atoms with van der Waals surface area (Å²) in [5.41, 5.74) is 3.12. The van der Waals surface area contributed by atoms with Crippen LogP contribution in [0.4, 0.5) is 16.0 Å². The number of Topliss-reactive ketones (excluding diaryl/α,β-unsaturated/α-hetero) is 1. The van der Waals surface area contributed by atoms with Gasteiger partial charge in [0.25, 0.3) is 0 Å². The molecule has 1 saturated heterocycles. The lowest BCUT2D eigenvalue weighted by Crippen LogP contribution is -2.47. The van der Waals surface area contributed by atoms with Crippen LogP contribution in [0.25, 0.3) is 0 Å². The van der Waals surface area contributed by atoms with Gasteiger partial charge in [-0.2, -0.15) is 0 Å². The van der Waals surface area contributed by atoms with E-state index in [1.165, 1.54) is 11.8 Å². The maximum Gasteiger partial charge on any atom is 0.225 e. The molecule has 2 aliphatic rings.